The van der Waals surface area contributed by atoms with Crippen molar-refractivity contribution in [1.29, 1.82) is 0 Å². The second kappa shape index (κ2) is 27.2. The van der Waals surface area contributed by atoms with Crippen molar-refractivity contribution in [3.63, 3.8) is 0 Å². The highest BCUT2D eigenvalue weighted by molar-refractivity contribution is 7.85. The Morgan fingerprint density at radius 1 is 0.787 bits per heavy atom. The Morgan fingerprint density at radius 2 is 1.45 bits per heavy atom. The van der Waals surface area contributed by atoms with Crippen molar-refractivity contribution >= 4 is 68.2 Å². The van der Waals surface area contributed by atoms with Crippen LogP contribution in [-0.2, 0) is 43.7 Å². The van der Waals surface area contributed by atoms with E-state index < -0.39 is 51.5 Å². The number of imide groups is 1. The Morgan fingerprint density at radius 3 is 2.13 bits per heavy atom. The van der Waals surface area contributed by atoms with Crippen molar-refractivity contribution in [2.24, 2.45) is 0 Å². The number of unbranched alkanes of at least 4 members (excludes halogenated alkanes) is 3. The zero-order valence-corrected chi connectivity index (χ0v) is 44.8. The van der Waals surface area contributed by atoms with Crippen LogP contribution in [0.3, 0.4) is 0 Å². The number of nitrogens with zero attached hydrogens (tertiary/aromatic N) is 6. The normalized spacial score (nSPS) is 14.4. The van der Waals surface area contributed by atoms with Crippen LogP contribution in [-0.4, -0.2) is 165 Å². The molecular formula is C54H73N8O12S+. The van der Waals surface area contributed by atoms with Crippen LogP contribution in [0, 0.1) is 0 Å². The minimum Gasteiger partial charge on any atom is -0.456 e. The van der Waals surface area contributed by atoms with Gasteiger partial charge in [0.25, 0.3) is 27.8 Å². The van der Waals surface area contributed by atoms with Crippen LogP contribution in [0.25, 0.3) is 33.4 Å². The molecule has 1 unspecified atom stereocenters. The maximum atomic E-state index is 14.5. The lowest BCUT2D eigenvalue weighted by atomic mass is 9.90. The first-order valence-electron chi connectivity index (χ1n) is 26.2. The molecule has 2 saturated heterocycles. The van der Waals surface area contributed by atoms with Crippen molar-refractivity contribution in [3.8, 4) is 22.5 Å². The molecule has 406 valence electrons. The summed E-state index contributed by atoms with van der Waals surface area (Å²) in [5, 5.41) is 7.47. The minimum atomic E-state index is -4.64. The molecule has 1 aliphatic carbocycles. The van der Waals surface area contributed by atoms with Gasteiger partial charge in [-0.15, -0.1) is 5.06 Å². The van der Waals surface area contributed by atoms with Gasteiger partial charge < -0.3 is 39.5 Å². The number of hydrogen-bond donors (Lipinski definition) is 3. The lowest BCUT2D eigenvalue weighted by Gasteiger charge is -2.35. The van der Waals surface area contributed by atoms with E-state index in [4.69, 9.17) is 9.25 Å². The van der Waals surface area contributed by atoms with Crippen molar-refractivity contribution in [2.45, 2.75) is 97.9 Å². The van der Waals surface area contributed by atoms with E-state index in [1.54, 1.807) is 9.80 Å². The highest BCUT2D eigenvalue weighted by atomic mass is 32.2. The Kier molecular flexibility index (Phi) is 20.9. The van der Waals surface area contributed by atoms with E-state index in [1.807, 2.05) is 36.2 Å². The predicted molar refractivity (Wildman–Crippen MR) is 284 cm³/mol. The summed E-state index contributed by atoms with van der Waals surface area (Å²) in [7, 11) is -2.83. The third-order valence-corrected chi connectivity index (χ3v) is 14.5. The van der Waals surface area contributed by atoms with Crippen LogP contribution in [0.2, 0.25) is 0 Å². The maximum absolute atomic E-state index is 14.5. The van der Waals surface area contributed by atoms with Crippen molar-refractivity contribution in [3.05, 3.63) is 71.6 Å². The van der Waals surface area contributed by atoms with Gasteiger partial charge in [0, 0.05) is 124 Å². The highest BCUT2D eigenvalue weighted by Crippen LogP contribution is 2.42. The molecule has 0 spiro atoms. The average Bonchev–Trinajstić information content (AvgIpc) is 3.71. The molecular weight excluding hydrogens is 985 g/mol. The Labute approximate surface area is 439 Å². The van der Waals surface area contributed by atoms with E-state index in [0.717, 1.165) is 70.6 Å². The Bertz CT molecular complexity index is 2840. The average molecular weight is 1060 g/mol. The van der Waals surface area contributed by atoms with Gasteiger partial charge in [-0.05, 0) is 96.8 Å². The van der Waals surface area contributed by atoms with Gasteiger partial charge in [-0.25, -0.2) is 9.37 Å². The first kappa shape index (κ1) is 57.6. The summed E-state index contributed by atoms with van der Waals surface area (Å²) in [5.41, 5.74) is 4.90. The summed E-state index contributed by atoms with van der Waals surface area (Å²) >= 11 is 0. The second-order valence-electron chi connectivity index (χ2n) is 18.9. The quantitative estimate of drug-likeness (QED) is 0.0262. The number of carbonyl (C=O) groups excluding carboxylic acids is 7. The van der Waals surface area contributed by atoms with E-state index in [0.29, 0.717) is 75.6 Å². The summed E-state index contributed by atoms with van der Waals surface area (Å²) in [5.74, 6) is -3.69. The molecule has 4 aliphatic rings. The number of fused-ring (bicyclic) bond motifs is 2. The molecule has 0 aromatic heterocycles. The third-order valence-electron chi connectivity index (χ3n) is 13.8. The van der Waals surface area contributed by atoms with Gasteiger partial charge in [0.1, 0.15) is 36.2 Å². The number of anilines is 1. The molecule has 0 saturated carbocycles. The molecule has 75 heavy (non-hydrogen) atoms. The number of nitrogens with one attached hydrogen (secondary N) is 2. The summed E-state index contributed by atoms with van der Waals surface area (Å²) < 4.78 is 42.1. The summed E-state index contributed by atoms with van der Waals surface area (Å²) in [6.07, 6.45) is 2.60. The predicted octanol–water partition coefficient (Wildman–Crippen LogP) is 4.30. The van der Waals surface area contributed by atoms with Gasteiger partial charge in [-0.2, -0.15) is 8.42 Å². The lowest BCUT2D eigenvalue weighted by molar-refractivity contribution is -0.197. The molecule has 21 heteroatoms. The molecule has 6 amide bonds. The highest BCUT2D eigenvalue weighted by Gasteiger charge is 2.33. The van der Waals surface area contributed by atoms with Gasteiger partial charge in [0.15, 0.2) is 0 Å². The minimum absolute atomic E-state index is 0.0221. The number of hydroxylamine groups is 2. The molecule has 2 fully saturated rings. The molecule has 2 aromatic rings. The van der Waals surface area contributed by atoms with Gasteiger partial charge >= 0.3 is 5.97 Å². The van der Waals surface area contributed by atoms with Crippen molar-refractivity contribution in [2.75, 3.05) is 89.7 Å². The van der Waals surface area contributed by atoms with Gasteiger partial charge in [-0.1, -0.05) is 24.6 Å². The van der Waals surface area contributed by atoms with Crippen LogP contribution in [0.5, 0.6) is 0 Å². The van der Waals surface area contributed by atoms with Crippen LogP contribution < -0.4 is 25.5 Å². The second-order valence-corrected chi connectivity index (χ2v) is 20.4. The van der Waals surface area contributed by atoms with Crippen LogP contribution >= 0.6 is 0 Å². The molecule has 1 atom stereocenters. The SMILES string of the molecule is CCN(CC)c1ccc2c(-c3ccccc3C(=O)N3CCN(C(=O)CCCCC(=O)NC(CS(=O)(=O)O)C(=O)NCCN(C)CCCCCC(=O)ON4C(=O)CCC4=O)CC3)c3ccc(=[N+](CC)CC)cc-3oc2c1. The number of hydrogen-bond acceptors (Lipinski definition) is 13. The molecule has 3 aliphatic heterocycles. The largest absolute Gasteiger partial charge is 0.456 e. The molecule has 20 nitrogen and oxygen atoms in total. The molecule has 0 radical (unpaired) electrons. The van der Waals surface area contributed by atoms with E-state index >= 15 is 0 Å². The number of likely N-dealkylation sites (N-methyl/N-ethyl adjacent to an activating group) is 1. The zero-order chi connectivity index (χ0) is 54.2. The topological polar surface area (TPSA) is 240 Å². The number of amides is 6. The van der Waals surface area contributed by atoms with Crippen molar-refractivity contribution < 1.29 is 55.8 Å². The smallest absolute Gasteiger partial charge is 0.333 e. The molecule has 2 aromatic carbocycles. The Balaban J connectivity index is 0.968. The van der Waals surface area contributed by atoms with Gasteiger partial charge in [0.05, 0.1) is 6.07 Å². The first-order valence-corrected chi connectivity index (χ1v) is 27.8. The number of rotatable bonds is 26. The van der Waals surface area contributed by atoms with E-state index in [2.05, 4.69) is 84.2 Å². The zero-order valence-electron chi connectivity index (χ0n) is 43.9. The fourth-order valence-corrected chi connectivity index (χ4v) is 10.2. The first-order chi connectivity index (χ1) is 35.9. The molecule has 3 heterocycles. The van der Waals surface area contributed by atoms with Crippen molar-refractivity contribution in [1.82, 2.24) is 35.0 Å². The monoisotopic (exact) mass is 1060 g/mol. The number of benzene rings is 3. The maximum Gasteiger partial charge on any atom is 0.333 e. The standard InChI is InChI=1S/C54H72N8O12S/c1-6-58(7-2)38-22-24-42-45(35-38)73-46-36-39(59(8-3)9-4)23-25-43(46)52(42)40-17-12-13-18-41(40)54(69)61-33-31-60(32-34-61)48(64)20-15-14-19-47(63)56-44(37-75(70,71)72)53(68)55-28-30-57(5)29-16-10-11-21-51(67)74-62-49(65)26-27-50(62)66/h12-13,17-18,22-25,35-36,44H,6-11,14-16,19-21,26-34,37H2,1-5H3,(H2-,55,56,63,68,70,71,72)/p+1. The summed E-state index contributed by atoms with van der Waals surface area (Å²) in [4.78, 5) is 102. The summed E-state index contributed by atoms with van der Waals surface area (Å²) in [6.45, 7) is 14.3. The van der Waals surface area contributed by atoms with E-state index in [1.165, 1.54) is 0 Å². The Hall–Kier alpha value is -6.71. The third kappa shape index (κ3) is 15.7. The number of piperazine rings is 1. The van der Waals surface area contributed by atoms with Crippen LogP contribution in [0.4, 0.5) is 5.69 Å². The van der Waals surface area contributed by atoms with E-state index in [9.17, 15) is 46.5 Å². The molecule has 3 N–H and O–H groups in total. The van der Waals surface area contributed by atoms with Gasteiger partial charge in [0.2, 0.25) is 23.1 Å². The fraction of sp³-hybridized carbons (Fsp3) is 0.519. The van der Waals surface area contributed by atoms with E-state index in [-0.39, 0.29) is 56.9 Å². The molecule has 0 bridgehead atoms. The van der Waals surface area contributed by atoms with Crippen LogP contribution in [0.15, 0.2) is 65.1 Å². The lowest BCUT2D eigenvalue weighted by Crippen LogP contribution is -2.51. The summed E-state index contributed by atoms with van der Waals surface area (Å²) in [6, 6.07) is 18.6. The fourth-order valence-electron chi connectivity index (χ4n) is 9.56. The molecule has 6 rings (SSSR count). The van der Waals surface area contributed by atoms with Gasteiger partial charge in [-0.3, -0.25) is 33.3 Å². The number of carbonyl (C=O) groups is 7. The van der Waals surface area contributed by atoms with Crippen LogP contribution in [0.1, 0.15) is 102 Å².